The molecular weight excluding hydrogens is 370 g/mol. The van der Waals surface area contributed by atoms with Gasteiger partial charge in [-0.2, -0.15) is 5.10 Å². The number of aromatic nitrogens is 1. The van der Waals surface area contributed by atoms with Gasteiger partial charge in [-0.1, -0.05) is 19.1 Å². The molecule has 0 spiro atoms. The van der Waals surface area contributed by atoms with Gasteiger partial charge in [0.15, 0.2) is 11.5 Å². The van der Waals surface area contributed by atoms with Gasteiger partial charge in [0.25, 0.3) is 6.29 Å². The van der Waals surface area contributed by atoms with Gasteiger partial charge in [-0.3, -0.25) is 9.98 Å². The van der Waals surface area contributed by atoms with E-state index in [1.54, 1.807) is 12.4 Å². The third kappa shape index (κ3) is 3.88. The van der Waals surface area contributed by atoms with Gasteiger partial charge in [0.05, 0.1) is 30.4 Å². The van der Waals surface area contributed by atoms with Crippen LogP contribution in [-0.2, 0) is 0 Å². The highest BCUT2D eigenvalue weighted by molar-refractivity contribution is 6.37. The number of aliphatic imine (C=N–C) groups is 1. The van der Waals surface area contributed by atoms with E-state index in [0.29, 0.717) is 18.0 Å². The van der Waals surface area contributed by atoms with Crippen LogP contribution in [0.15, 0.2) is 46.6 Å². The van der Waals surface area contributed by atoms with Gasteiger partial charge in [-0.15, -0.1) is 0 Å². The Morgan fingerprint density at radius 2 is 2.03 bits per heavy atom. The number of aliphatic hydroxyl groups excluding tert-OH is 1. The summed E-state index contributed by atoms with van der Waals surface area (Å²) in [5.74, 6) is 7.02. The third-order valence-corrected chi connectivity index (χ3v) is 5.17. The summed E-state index contributed by atoms with van der Waals surface area (Å²) >= 11 is 0. The Morgan fingerprint density at radius 3 is 2.62 bits per heavy atom. The Morgan fingerprint density at radius 1 is 1.34 bits per heavy atom. The summed E-state index contributed by atoms with van der Waals surface area (Å²) in [6.07, 6.45) is 2.93. The lowest BCUT2D eigenvalue weighted by Gasteiger charge is -2.48. The lowest BCUT2D eigenvalue weighted by atomic mass is 9.82. The van der Waals surface area contributed by atoms with Crippen LogP contribution in [0.3, 0.4) is 0 Å². The van der Waals surface area contributed by atoms with Crippen molar-refractivity contribution in [3.05, 3.63) is 47.8 Å². The van der Waals surface area contributed by atoms with Crippen molar-refractivity contribution in [1.29, 1.82) is 0 Å². The van der Waals surface area contributed by atoms with Gasteiger partial charge < -0.3 is 25.3 Å². The van der Waals surface area contributed by atoms with E-state index >= 15 is 0 Å². The SMILES string of the molecule is Cc1cc(N2CC(C)(CO)C2)cnc1/C(C=NCC1Oc2ccccc2O1)=N/N. The number of para-hydroxylation sites is 2. The molecular formula is C21H25N5O3. The van der Waals surface area contributed by atoms with E-state index in [2.05, 4.69) is 33.0 Å². The predicted molar refractivity (Wildman–Crippen MR) is 112 cm³/mol. The van der Waals surface area contributed by atoms with E-state index in [-0.39, 0.29) is 12.0 Å². The first-order valence-corrected chi connectivity index (χ1v) is 9.54. The van der Waals surface area contributed by atoms with Crippen LogP contribution in [-0.4, -0.2) is 54.5 Å². The third-order valence-electron chi connectivity index (χ3n) is 5.17. The van der Waals surface area contributed by atoms with Crippen molar-refractivity contribution in [3.63, 3.8) is 0 Å². The molecule has 8 nitrogen and oxygen atoms in total. The van der Waals surface area contributed by atoms with Crippen molar-refractivity contribution in [2.24, 2.45) is 21.4 Å². The number of ether oxygens (including phenoxy) is 2. The fourth-order valence-corrected chi connectivity index (χ4v) is 3.57. The number of aryl methyl sites for hydroxylation is 1. The van der Waals surface area contributed by atoms with E-state index in [9.17, 15) is 5.11 Å². The van der Waals surface area contributed by atoms with Crippen LogP contribution in [0.1, 0.15) is 18.2 Å². The molecule has 0 bridgehead atoms. The number of anilines is 1. The Hall–Kier alpha value is -3.13. The fraction of sp³-hybridized carbons (Fsp3) is 0.381. The van der Waals surface area contributed by atoms with E-state index in [4.69, 9.17) is 15.3 Å². The molecule has 2 aromatic rings. The molecule has 0 radical (unpaired) electrons. The van der Waals surface area contributed by atoms with Gasteiger partial charge in [0.1, 0.15) is 12.3 Å². The van der Waals surface area contributed by atoms with Gasteiger partial charge in [0.2, 0.25) is 0 Å². The molecule has 1 aromatic heterocycles. The summed E-state index contributed by atoms with van der Waals surface area (Å²) in [7, 11) is 0. The summed E-state index contributed by atoms with van der Waals surface area (Å²) in [4.78, 5) is 11.1. The van der Waals surface area contributed by atoms with Crippen LogP contribution in [0, 0.1) is 12.3 Å². The lowest BCUT2D eigenvalue weighted by Crippen LogP contribution is -2.56. The first-order valence-electron chi connectivity index (χ1n) is 9.54. The molecule has 3 heterocycles. The van der Waals surface area contributed by atoms with Crippen molar-refractivity contribution >= 4 is 17.6 Å². The normalized spacial score (nSPS) is 18.3. The number of nitrogens with zero attached hydrogens (tertiary/aromatic N) is 4. The first-order chi connectivity index (χ1) is 14.0. The van der Waals surface area contributed by atoms with E-state index < -0.39 is 6.29 Å². The van der Waals surface area contributed by atoms with Crippen LogP contribution >= 0.6 is 0 Å². The Bertz CT molecular complexity index is 928. The Balaban J connectivity index is 1.39. The van der Waals surface area contributed by atoms with Crippen LogP contribution in [0.2, 0.25) is 0 Å². The minimum absolute atomic E-state index is 0.0346. The molecule has 1 fully saturated rings. The quantitative estimate of drug-likeness (QED) is 0.438. The van der Waals surface area contributed by atoms with Crippen LogP contribution in [0.5, 0.6) is 11.5 Å². The molecule has 0 aliphatic carbocycles. The van der Waals surface area contributed by atoms with Crippen molar-refractivity contribution in [1.82, 2.24) is 4.98 Å². The molecule has 0 saturated carbocycles. The van der Waals surface area contributed by atoms with E-state index in [1.807, 2.05) is 31.2 Å². The molecule has 152 valence electrons. The lowest BCUT2D eigenvalue weighted by molar-refractivity contribution is 0.0587. The maximum Gasteiger partial charge on any atom is 0.260 e. The first kappa shape index (κ1) is 19.2. The topological polar surface area (TPSA) is 106 Å². The molecule has 2 aliphatic rings. The molecule has 0 amide bonds. The number of aliphatic hydroxyl groups is 1. The highest BCUT2D eigenvalue weighted by Crippen LogP contribution is 2.34. The summed E-state index contributed by atoms with van der Waals surface area (Å²) in [5, 5.41) is 13.3. The standard InChI is InChI=1S/C21H25N5O3/c1-14-7-15(26-11-21(2,12-26)13-27)8-24-20(14)16(25-22)9-23-10-19-28-17-5-3-4-6-18(17)29-19/h3-9,19,27H,10-13,22H2,1-2H3/b23-9?,25-16+. The number of hydrogen-bond acceptors (Lipinski definition) is 8. The molecule has 0 atom stereocenters. The second kappa shape index (κ2) is 7.71. The van der Waals surface area contributed by atoms with Crippen LogP contribution in [0.4, 0.5) is 5.69 Å². The van der Waals surface area contributed by atoms with Gasteiger partial charge in [-0.25, -0.2) is 0 Å². The number of nitrogens with two attached hydrogens (primary N) is 1. The molecule has 4 rings (SSSR count). The van der Waals surface area contributed by atoms with Crippen LogP contribution < -0.4 is 20.2 Å². The van der Waals surface area contributed by atoms with Crippen molar-refractivity contribution < 1.29 is 14.6 Å². The number of fused-ring (bicyclic) bond motifs is 1. The summed E-state index contributed by atoms with van der Waals surface area (Å²) in [6, 6.07) is 9.58. The van der Waals surface area contributed by atoms with Crippen LogP contribution in [0.25, 0.3) is 0 Å². The average Bonchev–Trinajstić information content (AvgIpc) is 3.12. The summed E-state index contributed by atoms with van der Waals surface area (Å²) < 4.78 is 11.4. The van der Waals surface area contributed by atoms with Gasteiger partial charge >= 0.3 is 0 Å². The number of rotatable bonds is 6. The zero-order valence-corrected chi connectivity index (χ0v) is 16.6. The summed E-state index contributed by atoms with van der Waals surface area (Å²) in [6.45, 7) is 6.17. The van der Waals surface area contributed by atoms with E-state index in [1.165, 1.54) is 0 Å². The molecule has 2 aliphatic heterocycles. The highest BCUT2D eigenvalue weighted by Gasteiger charge is 2.38. The van der Waals surface area contributed by atoms with Crippen molar-refractivity contribution in [2.45, 2.75) is 20.1 Å². The Labute approximate surface area is 169 Å². The number of benzene rings is 1. The molecule has 1 saturated heterocycles. The van der Waals surface area contributed by atoms with E-state index in [0.717, 1.165) is 35.8 Å². The average molecular weight is 395 g/mol. The van der Waals surface area contributed by atoms with Crippen molar-refractivity contribution in [3.8, 4) is 11.5 Å². The monoisotopic (exact) mass is 395 g/mol. The Kier molecular flexibility index (Phi) is 5.10. The zero-order chi connectivity index (χ0) is 20.4. The number of hydrazone groups is 1. The number of pyridine rings is 1. The summed E-state index contributed by atoms with van der Waals surface area (Å²) in [5.41, 5.74) is 3.12. The maximum absolute atomic E-state index is 9.42. The number of hydrogen-bond donors (Lipinski definition) is 2. The molecule has 1 aromatic carbocycles. The minimum atomic E-state index is -0.466. The fourth-order valence-electron chi connectivity index (χ4n) is 3.57. The minimum Gasteiger partial charge on any atom is -0.449 e. The van der Waals surface area contributed by atoms with Crippen molar-refractivity contribution in [2.75, 3.05) is 31.1 Å². The highest BCUT2D eigenvalue weighted by atomic mass is 16.7. The molecule has 0 unspecified atom stereocenters. The smallest absolute Gasteiger partial charge is 0.260 e. The molecule has 29 heavy (non-hydrogen) atoms. The zero-order valence-electron chi connectivity index (χ0n) is 16.6. The van der Waals surface area contributed by atoms with Gasteiger partial charge in [-0.05, 0) is 30.7 Å². The van der Waals surface area contributed by atoms with Gasteiger partial charge in [0, 0.05) is 18.5 Å². The molecule has 3 N–H and O–H groups in total. The second-order valence-corrected chi connectivity index (χ2v) is 7.80. The largest absolute Gasteiger partial charge is 0.449 e. The second-order valence-electron chi connectivity index (χ2n) is 7.80. The molecule has 8 heteroatoms. The predicted octanol–water partition coefficient (Wildman–Crippen LogP) is 1.74. The maximum atomic E-state index is 9.42.